The van der Waals surface area contributed by atoms with Gasteiger partial charge in [-0.2, -0.15) is 0 Å². The molecule has 0 radical (unpaired) electrons. The summed E-state index contributed by atoms with van der Waals surface area (Å²) in [6.07, 6.45) is 6.43. The van der Waals surface area contributed by atoms with Gasteiger partial charge in [0.2, 0.25) is 0 Å². The molecule has 1 aliphatic heterocycles. The van der Waals surface area contributed by atoms with Crippen LogP contribution in [0, 0.1) is 0 Å². The van der Waals surface area contributed by atoms with E-state index in [1.54, 1.807) is 23.7 Å². The maximum atomic E-state index is 10.2. The summed E-state index contributed by atoms with van der Waals surface area (Å²) in [7, 11) is 0. The maximum Gasteiger partial charge on any atom is 0.186 e. The van der Waals surface area contributed by atoms with Crippen molar-refractivity contribution in [3.05, 3.63) is 78.8 Å². The first-order chi connectivity index (χ1) is 17.4. The number of aliphatic hydroxyl groups is 1. The number of aromatic nitrogens is 3. The van der Waals surface area contributed by atoms with Gasteiger partial charge in [0.1, 0.15) is 5.82 Å². The van der Waals surface area contributed by atoms with Gasteiger partial charge in [-0.3, -0.25) is 4.98 Å². The molecule has 4 aromatic rings. The van der Waals surface area contributed by atoms with Crippen LogP contribution in [0.4, 0.5) is 10.9 Å². The van der Waals surface area contributed by atoms with Crippen molar-refractivity contribution in [2.75, 3.05) is 36.0 Å². The number of rotatable bonds is 5. The second-order valence-corrected chi connectivity index (χ2v) is 11.1. The Bertz CT molecular complexity index is 1320. The fourth-order valence-electron chi connectivity index (χ4n) is 5.48. The van der Waals surface area contributed by atoms with Gasteiger partial charge in [-0.1, -0.05) is 65.9 Å². The van der Waals surface area contributed by atoms with Crippen LogP contribution in [0.1, 0.15) is 25.3 Å². The van der Waals surface area contributed by atoms with Crippen LogP contribution in [-0.2, 0) is 5.54 Å². The van der Waals surface area contributed by atoms with Crippen molar-refractivity contribution in [3.8, 4) is 21.7 Å². The Labute approximate surface area is 215 Å². The van der Waals surface area contributed by atoms with Gasteiger partial charge < -0.3 is 20.6 Å². The summed E-state index contributed by atoms with van der Waals surface area (Å²) in [5.41, 5.74) is 9.75. The molecule has 2 fully saturated rings. The quantitative estimate of drug-likeness (QED) is 0.424. The van der Waals surface area contributed by atoms with E-state index in [1.807, 2.05) is 19.2 Å². The maximum absolute atomic E-state index is 10.2. The Morgan fingerprint density at radius 2 is 1.58 bits per heavy atom. The van der Waals surface area contributed by atoms with Gasteiger partial charge in [0.05, 0.1) is 22.4 Å². The number of piperazine rings is 1. The fraction of sp³-hybridized carbons (Fsp3) is 0.321. The van der Waals surface area contributed by atoms with Crippen LogP contribution >= 0.6 is 11.3 Å². The minimum atomic E-state index is -0.672. The van der Waals surface area contributed by atoms with Gasteiger partial charge in [0.15, 0.2) is 5.13 Å². The van der Waals surface area contributed by atoms with Crippen LogP contribution in [0.3, 0.4) is 0 Å². The zero-order valence-corrected chi connectivity index (χ0v) is 21.2. The summed E-state index contributed by atoms with van der Waals surface area (Å²) in [6, 6.07) is 18.9. The Hall–Kier alpha value is -3.33. The molecule has 3 N–H and O–H groups in total. The van der Waals surface area contributed by atoms with Crippen molar-refractivity contribution in [3.63, 3.8) is 0 Å². The minimum absolute atomic E-state index is 0.458. The van der Waals surface area contributed by atoms with E-state index in [1.165, 1.54) is 10.4 Å². The normalized spacial score (nSPS) is 24.0. The molecule has 2 aromatic heterocycles. The zero-order chi connectivity index (χ0) is 24.8. The topological polar surface area (TPSA) is 91.4 Å². The molecule has 1 saturated carbocycles. The second kappa shape index (κ2) is 8.96. The Morgan fingerprint density at radius 3 is 2.22 bits per heavy atom. The van der Waals surface area contributed by atoms with Crippen molar-refractivity contribution in [1.82, 2.24) is 15.0 Å². The van der Waals surface area contributed by atoms with E-state index >= 15 is 0 Å². The third kappa shape index (κ3) is 4.36. The molecule has 7 nitrogen and oxygen atoms in total. The number of nitrogens with two attached hydrogens (primary N) is 1. The molecule has 0 atom stereocenters. The van der Waals surface area contributed by atoms with E-state index in [9.17, 15) is 5.11 Å². The standard InChI is InChI=1S/C28H30N6OS/c1-27(35)18-28(29,19-27)22-9-7-20(8-10-22)24-25(21-5-3-2-4-6-21)36-26(32-24)34-15-13-33(14-16-34)23-17-30-11-12-31-23/h2-12,17,35H,13-16,18-19,29H2,1H3. The molecule has 0 spiro atoms. The van der Waals surface area contributed by atoms with E-state index in [0.717, 1.165) is 53.9 Å². The molecule has 36 heavy (non-hydrogen) atoms. The molecule has 1 aliphatic carbocycles. The molecule has 3 heterocycles. The number of benzene rings is 2. The lowest BCUT2D eigenvalue weighted by molar-refractivity contribution is -0.0738. The van der Waals surface area contributed by atoms with E-state index in [0.29, 0.717) is 12.8 Å². The van der Waals surface area contributed by atoms with Crippen LogP contribution in [0.15, 0.2) is 73.2 Å². The first-order valence-electron chi connectivity index (χ1n) is 12.3. The van der Waals surface area contributed by atoms with Gasteiger partial charge in [0, 0.05) is 49.7 Å². The molecule has 8 heteroatoms. The third-order valence-corrected chi connectivity index (χ3v) is 8.37. The smallest absolute Gasteiger partial charge is 0.186 e. The first-order valence-corrected chi connectivity index (χ1v) is 13.2. The largest absolute Gasteiger partial charge is 0.390 e. The predicted octanol–water partition coefficient (Wildman–Crippen LogP) is 4.29. The van der Waals surface area contributed by atoms with Crippen molar-refractivity contribution in [1.29, 1.82) is 0 Å². The van der Waals surface area contributed by atoms with Gasteiger partial charge in [-0.15, -0.1) is 0 Å². The van der Waals surface area contributed by atoms with E-state index in [4.69, 9.17) is 10.7 Å². The monoisotopic (exact) mass is 498 g/mol. The highest BCUT2D eigenvalue weighted by Gasteiger charge is 2.49. The highest BCUT2D eigenvalue weighted by Crippen LogP contribution is 2.47. The molecule has 2 aromatic carbocycles. The van der Waals surface area contributed by atoms with Crippen LogP contribution in [0.25, 0.3) is 21.7 Å². The lowest BCUT2D eigenvalue weighted by Gasteiger charge is -2.49. The molecule has 0 unspecified atom stereocenters. The first kappa shape index (κ1) is 23.1. The Kier molecular flexibility index (Phi) is 5.75. The molecule has 0 amide bonds. The number of thiazole rings is 1. The van der Waals surface area contributed by atoms with Gasteiger partial charge in [-0.25, -0.2) is 9.97 Å². The number of anilines is 2. The Morgan fingerprint density at radius 1 is 0.889 bits per heavy atom. The number of hydrogen-bond donors (Lipinski definition) is 2. The molecule has 184 valence electrons. The van der Waals surface area contributed by atoms with Crippen molar-refractivity contribution in [2.45, 2.75) is 30.9 Å². The summed E-state index contributed by atoms with van der Waals surface area (Å²) >= 11 is 1.75. The lowest BCUT2D eigenvalue weighted by atomic mass is 9.63. The summed E-state index contributed by atoms with van der Waals surface area (Å²) in [6.45, 7) is 5.37. The molecular formula is C28H30N6OS. The fourth-order valence-corrected chi connectivity index (χ4v) is 6.62. The van der Waals surface area contributed by atoms with E-state index < -0.39 is 11.1 Å². The summed E-state index contributed by atoms with van der Waals surface area (Å²) in [4.78, 5) is 19.6. The molecular weight excluding hydrogens is 468 g/mol. The Balaban J connectivity index is 1.28. The summed E-state index contributed by atoms with van der Waals surface area (Å²) < 4.78 is 0. The molecule has 2 aliphatic rings. The minimum Gasteiger partial charge on any atom is -0.390 e. The van der Waals surface area contributed by atoms with Crippen molar-refractivity contribution >= 4 is 22.3 Å². The van der Waals surface area contributed by atoms with Crippen LogP contribution < -0.4 is 15.5 Å². The zero-order valence-electron chi connectivity index (χ0n) is 20.3. The second-order valence-electron chi connectivity index (χ2n) is 10.2. The molecule has 1 saturated heterocycles. The van der Waals surface area contributed by atoms with Crippen molar-refractivity contribution in [2.24, 2.45) is 5.73 Å². The summed E-state index contributed by atoms with van der Waals surface area (Å²) in [5, 5.41) is 11.2. The van der Waals surface area contributed by atoms with E-state index in [2.05, 4.69) is 68.3 Å². The SMILES string of the molecule is CC1(O)CC(N)(c2ccc(-c3nc(N4CCN(c5cnccn5)CC4)sc3-c3ccccc3)cc2)C1. The third-order valence-electron chi connectivity index (χ3n) is 7.20. The van der Waals surface area contributed by atoms with Crippen LogP contribution in [-0.4, -0.2) is 51.8 Å². The molecule has 6 rings (SSSR count). The van der Waals surface area contributed by atoms with Gasteiger partial charge in [-0.05, 0) is 30.9 Å². The highest BCUT2D eigenvalue weighted by molar-refractivity contribution is 7.19. The van der Waals surface area contributed by atoms with Gasteiger partial charge >= 0.3 is 0 Å². The van der Waals surface area contributed by atoms with Gasteiger partial charge in [0.25, 0.3) is 0 Å². The summed E-state index contributed by atoms with van der Waals surface area (Å²) in [5.74, 6) is 0.924. The average Bonchev–Trinajstić information content (AvgIpc) is 3.34. The highest BCUT2D eigenvalue weighted by atomic mass is 32.1. The van der Waals surface area contributed by atoms with Crippen LogP contribution in [0.2, 0.25) is 0 Å². The number of nitrogens with zero attached hydrogens (tertiary/aromatic N) is 5. The lowest BCUT2D eigenvalue weighted by Crippen LogP contribution is -2.58. The average molecular weight is 499 g/mol. The van der Waals surface area contributed by atoms with Crippen LogP contribution in [0.5, 0.6) is 0 Å². The van der Waals surface area contributed by atoms with E-state index in [-0.39, 0.29) is 0 Å². The predicted molar refractivity (Wildman–Crippen MR) is 145 cm³/mol. The number of hydrogen-bond acceptors (Lipinski definition) is 8. The molecule has 0 bridgehead atoms. The van der Waals surface area contributed by atoms with Crippen molar-refractivity contribution < 1.29 is 5.11 Å².